The second kappa shape index (κ2) is 9.91. The molecule has 0 saturated carbocycles. The number of amides is 1. The molecule has 0 fully saturated rings. The first-order valence-corrected chi connectivity index (χ1v) is 12.7. The maximum absolute atomic E-state index is 13.9. The van der Waals surface area contributed by atoms with E-state index >= 15 is 0 Å². The van der Waals surface area contributed by atoms with E-state index < -0.39 is 93.4 Å². The predicted molar refractivity (Wildman–Crippen MR) is 139 cm³/mol. The molecule has 13 nitrogen and oxygen atoms in total. The Morgan fingerprint density at radius 1 is 1.20 bits per heavy atom. The minimum Gasteiger partial charge on any atom is -0.510 e. The molecule has 0 spiro atoms. The molecule has 1 aromatic carbocycles. The van der Waals surface area contributed by atoms with Crippen molar-refractivity contribution >= 4 is 29.1 Å². The fraction of sp³-hybridized carbons (Fsp3) is 0.481. The number of nitrogens with one attached hydrogen (secondary N) is 1. The van der Waals surface area contributed by atoms with Crippen molar-refractivity contribution < 1.29 is 49.4 Å². The number of phenols is 1. The molecule has 4 rings (SSSR count). The molecule has 1 unspecified atom stereocenters. The highest BCUT2D eigenvalue weighted by Gasteiger charge is 2.67. The van der Waals surface area contributed by atoms with Gasteiger partial charge in [0, 0.05) is 11.5 Å². The fourth-order valence-corrected chi connectivity index (χ4v) is 6.30. The van der Waals surface area contributed by atoms with Crippen LogP contribution >= 0.6 is 0 Å². The van der Waals surface area contributed by atoms with E-state index in [9.17, 15) is 44.7 Å². The van der Waals surface area contributed by atoms with Crippen LogP contribution in [0, 0.1) is 11.8 Å². The zero-order valence-electron chi connectivity index (χ0n) is 22.6. The van der Waals surface area contributed by atoms with Gasteiger partial charge >= 0.3 is 5.97 Å². The number of anilines is 1. The summed E-state index contributed by atoms with van der Waals surface area (Å²) in [4.78, 5) is 52.8. The molecule has 0 aliphatic heterocycles. The van der Waals surface area contributed by atoms with Crippen molar-refractivity contribution in [2.45, 2.75) is 50.5 Å². The maximum atomic E-state index is 13.9. The molecule has 3 aliphatic carbocycles. The number of esters is 1. The van der Waals surface area contributed by atoms with Crippen LogP contribution in [0.25, 0.3) is 0 Å². The third-order valence-corrected chi connectivity index (χ3v) is 8.14. The van der Waals surface area contributed by atoms with Crippen LogP contribution in [0.5, 0.6) is 5.75 Å². The molecule has 40 heavy (non-hydrogen) atoms. The normalized spacial score (nSPS) is 30.4. The van der Waals surface area contributed by atoms with Gasteiger partial charge in [-0.25, -0.2) is 4.79 Å². The Morgan fingerprint density at radius 3 is 2.38 bits per heavy atom. The molecule has 216 valence electrons. The number of fused-ring (bicyclic) bond motifs is 3. The number of ether oxygens (including phenoxy) is 1. The van der Waals surface area contributed by atoms with Crippen LogP contribution in [0.3, 0.4) is 0 Å². The number of phenolic OH excluding ortho intramolecular Hbond substituents is 1. The van der Waals surface area contributed by atoms with Gasteiger partial charge in [-0.2, -0.15) is 0 Å². The Kier molecular flexibility index (Phi) is 7.20. The van der Waals surface area contributed by atoms with Crippen molar-refractivity contribution in [3.8, 4) is 5.75 Å². The molecule has 1 aromatic rings. The van der Waals surface area contributed by atoms with Crippen LogP contribution in [0.4, 0.5) is 5.69 Å². The summed E-state index contributed by atoms with van der Waals surface area (Å²) < 4.78 is 4.96. The van der Waals surface area contributed by atoms with E-state index in [1.54, 1.807) is 13.8 Å². The molecular weight excluding hydrogens is 526 g/mol. The summed E-state index contributed by atoms with van der Waals surface area (Å²) in [7, 11) is 2.93. The third-order valence-electron chi connectivity index (χ3n) is 8.14. The summed E-state index contributed by atoms with van der Waals surface area (Å²) in [5.74, 6) is -10.3. The molecule has 0 bridgehead atoms. The number of carbonyl (C=O) groups excluding carboxylic acids is 4. The molecule has 13 heteroatoms. The van der Waals surface area contributed by atoms with Crippen molar-refractivity contribution in [3.63, 3.8) is 0 Å². The number of aromatic hydroxyl groups is 1. The molecular formula is C27H33N3O10. The minimum absolute atomic E-state index is 0.0108. The fourth-order valence-electron chi connectivity index (χ4n) is 6.30. The van der Waals surface area contributed by atoms with Crippen molar-refractivity contribution in [3.05, 3.63) is 45.9 Å². The summed E-state index contributed by atoms with van der Waals surface area (Å²) in [6, 6.07) is 0.746. The van der Waals surface area contributed by atoms with Crippen molar-refractivity contribution in [2.24, 2.45) is 17.6 Å². The van der Waals surface area contributed by atoms with Gasteiger partial charge in [0.2, 0.25) is 5.78 Å². The highest BCUT2D eigenvalue weighted by molar-refractivity contribution is 6.25. The summed E-state index contributed by atoms with van der Waals surface area (Å²) in [6.07, 6.45) is -1.68. The zero-order valence-corrected chi connectivity index (χ0v) is 22.6. The second-order valence-electron chi connectivity index (χ2n) is 10.6. The van der Waals surface area contributed by atoms with E-state index in [4.69, 9.17) is 10.5 Å². The summed E-state index contributed by atoms with van der Waals surface area (Å²) >= 11 is 0. The number of ketones is 2. The van der Waals surface area contributed by atoms with Gasteiger partial charge in [-0.3, -0.25) is 19.3 Å². The number of hydrogen-bond donors (Lipinski definition) is 7. The number of aliphatic hydroxyl groups excluding tert-OH is 3. The number of hydrogen-bond acceptors (Lipinski definition) is 12. The van der Waals surface area contributed by atoms with Crippen LogP contribution in [-0.4, -0.2) is 98.4 Å². The Labute approximate surface area is 229 Å². The number of benzene rings is 1. The van der Waals surface area contributed by atoms with E-state index in [0.29, 0.717) is 5.56 Å². The lowest BCUT2D eigenvalue weighted by atomic mass is 9.55. The first-order valence-electron chi connectivity index (χ1n) is 12.7. The van der Waals surface area contributed by atoms with Crippen LogP contribution < -0.4 is 11.1 Å². The first kappa shape index (κ1) is 29.1. The van der Waals surface area contributed by atoms with Gasteiger partial charge in [0.1, 0.15) is 28.9 Å². The number of nitrogens with two attached hydrogens (primary N) is 1. The number of carbonyl (C=O) groups is 4. The zero-order chi connectivity index (χ0) is 30.0. The van der Waals surface area contributed by atoms with Gasteiger partial charge in [0.25, 0.3) is 5.91 Å². The molecule has 1 amide bonds. The quantitative estimate of drug-likeness (QED) is 0.139. The maximum Gasteiger partial charge on any atom is 0.328 e. The van der Waals surface area contributed by atoms with Crippen LogP contribution in [0.1, 0.15) is 42.6 Å². The average Bonchev–Trinajstić information content (AvgIpc) is 2.87. The molecule has 8 N–H and O–H groups in total. The van der Waals surface area contributed by atoms with E-state index in [1.807, 2.05) is 0 Å². The molecule has 0 heterocycles. The Bertz CT molecular complexity index is 1380. The monoisotopic (exact) mass is 559 g/mol. The molecule has 0 radical (unpaired) electrons. The highest BCUT2D eigenvalue weighted by atomic mass is 16.5. The van der Waals surface area contributed by atoms with Crippen molar-refractivity contribution in [1.82, 2.24) is 4.90 Å². The number of likely N-dealkylation sites (N-methyl/N-ethyl adjacent to an activating group) is 1. The van der Waals surface area contributed by atoms with Gasteiger partial charge < -0.3 is 41.3 Å². The Balaban J connectivity index is 1.92. The topological polar surface area (TPSA) is 220 Å². The van der Waals surface area contributed by atoms with Gasteiger partial charge in [0.05, 0.1) is 35.9 Å². The average molecular weight is 560 g/mol. The molecule has 7 atom stereocenters. The smallest absolute Gasteiger partial charge is 0.328 e. The number of rotatable bonds is 6. The van der Waals surface area contributed by atoms with Crippen LogP contribution in [0.15, 0.2) is 34.8 Å². The van der Waals surface area contributed by atoms with Gasteiger partial charge in [-0.1, -0.05) is 13.0 Å². The number of nitrogens with zero attached hydrogens (tertiary/aromatic N) is 1. The lowest BCUT2D eigenvalue weighted by Crippen LogP contribution is -2.68. The van der Waals surface area contributed by atoms with Crippen LogP contribution in [-0.2, 0) is 19.1 Å². The Hall–Kier alpha value is -3.94. The van der Waals surface area contributed by atoms with Gasteiger partial charge in [-0.05, 0) is 45.5 Å². The lowest BCUT2D eigenvalue weighted by molar-refractivity contribution is -0.162. The second-order valence-corrected chi connectivity index (χ2v) is 10.6. The lowest BCUT2D eigenvalue weighted by Gasteiger charge is -2.53. The number of primary amides is 1. The van der Waals surface area contributed by atoms with E-state index in [-0.39, 0.29) is 17.9 Å². The highest BCUT2D eigenvalue weighted by Crippen LogP contribution is 2.56. The number of Topliss-reactive ketones (excluding diaryl/α,β-unsaturated/α-hetero) is 2. The standard InChI is InChI=1S/C27H33N3O10/c1-6-40-26(38)10(3)29-12-8-7-11-9(2)13-15(20(32)14(11)19(12)31)23(35)27(39)17(21(13)33)18(30(4)5)22(34)16(24(27)36)25(28)37/h7-10,13,17-18,21,29,31,33-35,39H,6H2,1-5H3,(H2,28,37)/t9-,10?,13+,17+,18-,21-,27-/m0/s1. The van der Waals surface area contributed by atoms with Crippen molar-refractivity contribution in [1.29, 1.82) is 0 Å². The van der Waals surface area contributed by atoms with E-state index in [2.05, 4.69) is 5.32 Å². The Morgan fingerprint density at radius 2 is 1.82 bits per heavy atom. The molecule has 3 aliphatic rings. The van der Waals surface area contributed by atoms with E-state index in [0.717, 1.165) is 0 Å². The minimum atomic E-state index is -2.99. The number of aliphatic hydroxyl groups is 4. The molecule has 0 saturated heterocycles. The summed E-state index contributed by atoms with van der Waals surface area (Å²) in [5, 5.41) is 59.5. The van der Waals surface area contributed by atoms with Gasteiger partial charge in [-0.15, -0.1) is 0 Å². The summed E-state index contributed by atoms with van der Waals surface area (Å²) in [6.45, 7) is 4.89. The van der Waals surface area contributed by atoms with Crippen LogP contribution in [0.2, 0.25) is 0 Å². The van der Waals surface area contributed by atoms with Gasteiger partial charge in [0.15, 0.2) is 11.4 Å². The molecule has 0 aromatic heterocycles. The largest absolute Gasteiger partial charge is 0.510 e. The van der Waals surface area contributed by atoms with E-state index in [1.165, 1.54) is 38.1 Å². The van der Waals surface area contributed by atoms with Crippen molar-refractivity contribution in [2.75, 3.05) is 26.0 Å². The first-order chi connectivity index (χ1) is 18.6. The SMILES string of the molecule is CCOC(=O)C(C)Nc1ccc2c(c1O)C(=O)C1=C(O)[C@]3(O)C(=O)C(C(N)=O)=C(O)[C@@H](N(C)C)[C@@H]3[C@@H](O)[C@@H]1[C@H]2C. The predicted octanol–water partition coefficient (Wildman–Crippen LogP) is 0.0159. The summed E-state index contributed by atoms with van der Waals surface area (Å²) in [5.41, 5.74) is 0.906. The third kappa shape index (κ3) is 3.87.